The molecule has 1 aromatic rings. The molecule has 1 atom stereocenters. The highest BCUT2D eigenvalue weighted by atomic mass is 16.5. The fraction of sp³-hybridized carbons (Fsp3) is 0.476. The van der Waals surface area contributed by atoms with Crippen LogP contribution in [-0.4, -0.2) is 54.1 Å². The number of nitrogens with zero attached hydrogens (tertiary/aromatic N) is 3. The Kier molecular flexibility index (Phi) is 5.16. The first kappa shape index (κ1) is 19.3. The first-order valence-electron chi connectivity index (χ1n) is 9.80. The number of imide groups is 1. The van der Waals surface area contributed by atoms with Gasteiger partial charge in [-0.15, -0.1) is 12.3 Å². The minimum atomic E-state index is -0.456. The number of ether oxygens (including phenoxy) is 1. The van der Waals surface area contributed by atoms with E-state index in [4.69, 9.17) is 11.2 Å². The number of rotatable bonds is 8. The van der Waals surface area contributed by atoms with Crippen molar-refractivity contribution < 1.29 is 19.1 Å². The second-order valence-corrected chi connectivity index (χ2v) is 7.51. The molecule has 1 unspecified atom stereocenters. The van der Waals surface area contributed by atoms with Gasteiger partial charge in [0.1, 0.15) is 0 Å². The molecule has 0 bridgehead atoms. The summed E-state index contributed by atoms with van der Waals surface area (Å²) in [6, 6.07) is 4.59. The summed E-state index contributed by atoms with van der Waals surface area (Å²) in [6.07, 6.45) is 8.78. The van der Waals surface area contributed by atoms with E-state index in [0.717, 1.165) is 12.8 Å². The molecule has 1 fully saturated rings. The average molecular weight is 394 g/mol. The van der Waals surface area contributed by atoms with E-state index in [2.05, 4.69) is 21.5 Å². The van der Waals surface area contributed by atoms with E-state index in [0.29, 0.717) is 43.5 Å². The number of hydrogen-bond donors (Lipinski definition) is 1. The third-order valence-corrected chi connectivity index (χ3v) is 5.51. The van der Waals surface area contributed by atoms with Gasteiger partial charge >= 0.3 is 0 Å². The molecule has 0 aliphatic carbocycles. The van der Waals surface area contributed by atoms with Crippen LogP contribution in [0.3, 0.4) is 0 Å². The number of carbonyl (C=O) groups excluding carboxylic acids is 3. The van der Waals surface area contributed by atoms with E-state index in [1.807, 2.05) is 0 Å². The second kappa shape index (κ2) is 7.76. The van der Waals surface area contributed by atoms with Crippen LogP contribution in [0, 0.1) is 12.3 Å². The normalized spacial score (nSPS) is 21.2. The average Bonchev–Trinajstić information content (AvgIpc) is 3.22. The molecule has 8 heteroatoms. The fourth-order valence-corrected chi connectivity index (χ4v) is 3.74. The maximum Gasteiger partial charge on any atom is 0.261 e. The maximum absolute atomic E-state index is 12.7. The van der Waals surface area contributed by atoms with Crippen molar-refractivity contribution in [1.29, 1.82) is 0 Å². The predicted molar refractivity (Wildman–Crippen MR) is 103 cm³/mol. The van der Waals surface area contributed by atoms with E-state index >= 15 is 0 Å². The summed E-state index contributed by atoms with van der Waals surface area (Å²) in [7, 11) is 0. The number of carbonyl (C=O) groups is 3. The van der Waals surface area contributed by atoms with Crippen LogP contribution in [0.4, 0.5) is 0 Å². The molecule has 3 aliphatic rings. The number of terminal acetylenes is 1. The monoisotopic (exact) mass is 394 g/mol. The summed E-state index contributed by atoms with van der Waals surface area (Å²) in [6.45, 7) is 1.30. The molecular weight excluding hydrogens is 372 g/mol. The zero-order chi connectivity index (χ0) is 20.4. The van der Waals surface area contributed by atoms with E-state index in [1.54, 1.807) is 12.1 Å². The van der Waals surface area contributed by atoms with Crippen LogP contribution in [0.15, 0.2) is 28.4 Å². The highest BCUT2D eigenvalue weighted by molar-refractivity contribution is 6.22. The minimum Gasteiger partial charge on any atom is -0.376 e. The van der Waals surface area contributed by atoms with Gasteiger partial charge in [0, 0.05) is 38.0 Å². The Hall–Kier alpha value is -3.05. The van der Waals surface area contributed by atoms with Crippen LogP contribution >= 0.6 is 0 Å². The molecule has 0 saturated carbocycles. The minimum absolute atomic E-state index is 0.111. The van der Waals surface area contributed by atoms with Crippen LogP contribution in [0.25, 0.3) is 0 Å². The van der Waals surface area contributed by atoms with Crippen LogP contribution in [0.1, 0.15) is 63.2 Å². The van der Waals surface area contributed by atoms with Crippen molar-refractivity contribution >= 4 is 17.7 Å². The fourth-order valence-electron chi connectivity index (χ4n) is 3.74. The lowest BCUT2D eigenvalue weighted by Gasteiger charge is -2.17. The van der Waals surface area contributed by atoms with Crippen LogP contribution in [0.2, 0.25) is 0 Å². The summed E-state index contributed by atoms with van der Waals surface area (Å²) in [5.74, 6) is 1.55. The molecule has 3 amide bonds. The Balaban J connectivity index is 1.37. The standard InChI is InChI=1S/C21H22N4O4/c1-2-3-8-21(23-24-21)9-10-22-18(26)14-6-7-16-17(12-14)20(28)25(19(16)27)13-15-5-4-11-29-15/h1,6-7,12,15H,3-5,8-11,13H2,(H,22,26). The van der Waals surface area contributed by atoms with Crippen molar-refractivity contribution in [1.82, 2.24) is 10.2 Å². The van der Waals surface area contributed by atoms with Crippen molar-refractivity contribution in [2.45, 2.75) is 43.9 Å². The topological polar surface area (TPSA) is 100 Å². The number of amides is 3. The van der Waals surface area contributed by atoms with Crippen molar-refractivity contribution in [3.8, 4) is 12.3 Å². The van der Waals surface area contributed by atoms with Gasteiger partial charge < -0.3 is 10.1 Å². The molecule has 4 rings (SSSR count). The van der Waals surface area contributed by atoms with Gasteiger partial charge in [0.05, 0.1) is 23.8 Å². The van der Waals surface area contributed by atoms with E-state index in [9.17, 15) is 14.4 Å². The lowest BCUT2D eigenvalue weighted by Crippen LogP contribution is -2.36. The van der Waals surface area contributed by atoms with E-state index < -0.39 is 5.66 Å². The van der Waals surface area contributed by atoms with Crippen molar-refractivity contribution in [3.63, 3.8) is 0 Å². The third-order valence-electron chi connectivity index (χ3n) is 5.51. The van der Waals surface area contributed by atoms with Crippen LogP contribution < -0.4 is 5.32 Å². The Bertz CT molecular complexity index is 921. The number of fused-ring (bicyclic) bond motifs is 1. The summed E-state index contributed by atoms with van der Waals surface area (Å²) < 4.78 is 5.54. The summed E-state index contributed by atoms with van der Waals surface area (Å²) in [4.78, 5) is 39.0. The zero-order valence-corrected chi connectivity index (χ0v) is 16.0. The number of benzene rings is 1. The summed E-state index contributed by atoms with van der Waals surface area (Å²) in [5, 5.41) is 10.9. The molecule has 0 aromatic heterocycles. The van der Waals surface area contributed by atoms with Gasteiger partial charge in [-0.2, -0.15) is 10.2 Å². The molecule has 150 valence electrons. The van der Waals surface area contributed by atoms with E-state index in [-0.39, 0.29) is 35.9 Å². The van der Waals surface area contributed by atoms with Crippen molar-refractivity contribution in [2.24, 2.45) is 10.2 Å². The van der Waals surface area contributed by atoms with Gasteiger partial charge in [0.2, 0.25) is 0 Å². The third kappa shape index (κ3) is 3.91. The lowest BCUT2D eigenvalue weighted by atomic mass is 10.0. The zero-order valence-electron chi connectivity index (χ0n) is 16.0. The lowest BCUT2D eigenvalue weighted by molar-refractivity contribution is 0.0475. The van der Waals surface area contributed by atoms with Gasteiger partial charge in [0.15, 0.2) is 5.66 Å². The first-order valence-corrected chi connectivity index (χ1v) is 9.80. The van der Waals surface area contributed by atoms with Gasteiger partial charge in [0.25, 0.3) is 17.7 Å². The van der Waals surface area contributed by atoms with Gasteiger partial charge in [-0.3, -0.25) is 19.3 Å². The van der Waals surface area contributed by atoms with Crippen molar-refractivity contribution in [2.75, 3.05) is 19.7 Å². The number of hydrogen-bond acceptors (Lipinski definition) is 6. The molecule has 1 N–H and O–H groups in total. The second-order valence-electron chi connectivity index (χ2n) is 7.51. The van der Waals surface area contributed by atoms with Crippen LogP contribution in [-0.2, 0) is 4.74 Å². The van der Waals surface area contributed by atoms with Crippen LogP contribution in [0.5, 0.6) is 0 Å². The molecule has 1 aromatic carbocycles. The molecule has 29 heavy (non-hydrogen) atoms. The van der Waals surface area contributed by atoms with Gasteiger partial charge in [-0.05, 0) is 31.0 Å². The van der Waals surface area contributed by atoms with Gasteiger partial charge in [-0.25, -0.2) is 0 Å². The number of nitrogens with one attached hydrogen (secondary N) is 1. The molecule has 1 saturated heterocycles. The molecular formula is C21H22N4O4. The highest BCUT2D eigenvalue weighted by Crippen LogP contribution is 2.36. The Morgan fingerprint density at radius 1 is 1.28 bits per heavy atom. The largest absolute Gasteiger partial charge is 0.376 e. The first-order chi connectivity index (χ1) is 14.0. The smallest absolute Gasteiger partial charge is 0.261 e. The molecule has 0 spiro atoms. The Morgan fingerprint density at radius 3 is 2.76 bits per heavy atom. The molecule has 0 radical (unpaired) electrons. The van der Waals surface area contributed by atoms with Gasteiger partial charge in [-0.1, -0.05) is 0 Å². The van der Waals surface area contributed by atoms with E-state index in [1.165, 1.54) is 11.0 Å². The molecule has 3 aliphatic heterocycles. The Morgan fingerprint density at radius 2 is 2.07 bits per heavy atom. The Labute approximate surface area is 168 Å². The summed E-state index contributed by atoms with van der Waals surface area (Å²) >= 11 is 0. The summed E-state index contributed by atoms with van der Waals surface area (Å²) in [5.41, 5.74) is 0.473. The maximum atomic E-state index is 12.7. The highest BCUT2D eigenvalue weighted by Gasteiger charge is 2.39. The molecule has 8 nitrogen and oxygen atoms in total. The quantitative estimate of drug-likeness (QED) is 0.539. The molecule has 3 heterocycles. The SMILES string of the molecule is C#CCCC1(CCNC(=O)c2ccc3c(c2)C(=O)N(CC2CCCO2)C3=O)N=N1. The van der Waals surface area contributed by atoms with Crippen molar-refractivity contribution in [3.05, 3.63) is 34.9 Å². The predicted octanol–water partition coefficient (Wildman–Crippen LogP) is 2.16.